The number of ether oxygens (including phenoxy) is 2. The Morgan fingerprint density at radius 1 is 1.35 bits per heavy atom. The first-order chi connectivity index (χ1) is 10.8. The van der Waals surface area contributed by atoms with Gasteiger partial charge in [0.15, 0.2) is 11.5 Å². The second-order valence-corrected chi connectivity index (χ2v) is 5.36. The van der Waals surface area contributed by atoms with Gasteiger partial charge in [-0.15, -0.1) is 0 Å². The van der Waals surface area contributed by atoms with E-state index in [0.29, 0.717) is 26.0 Å². The predicted molar refractivity (Wildman–Crippen MR) is 83.6 cm³/mol. The Balaban J connectivity index is 2.76. The Kier molecular flexibility index (Phi) is 7.74. The fourth-order valence-corrected chi connectivity index (χ4v) is 2.02. The van der Waals surface area contributed by atoms with Gasteiger partial charge >= 0.3 is 6.61 Å². The van der Waals surface area contributed by atoms with Crippen molar-refractivity contribution in [3.8, 4) is 11.5 Å². The normalized spacial score (nSPS) is 12.1. The van der Waals surface area contributed by atoms with E-state index in [1.54, 1.807) is 31.0 Å². The van der Waals surface area contributed by atoms with Crippen molar-refractivity contribution in [2.45, 2.75) is 45.9 Å². The Morgan fingerprint density at radius 3 is 2.61 bits per heavy atom. The van der Waals surface area contributed by atoms with Gasteiger partial charge in [-0.2, -0.15) is 8.78 Å². The van der Waals surface area contributed by atoms with E-state index in [1.807, 2.05) is 6.92 Å². The molecule has 0 aliphatic rings. The first-order valence-electron chi connectivity index (χ1n) is 7.53. The topological polar surface area (TPSA) is 64.8 Å². The van der Waals surface area contributed by atoms with Crippen LogP contribution in [0.4, 0.5) is 8.78 Å². The standard InChI is InChI=1S/C16H24F2N2O3/c1-4-22-14-9-12(6-7-13(14)23-16(17)18)10-20(3)15(21)8-5-11(2)19/h6-7,9,11,16H,4-5,8,10,19H2,1-3H3. The maximum atomic E-state index is 12.4. The van der Waals surface area contributed by atoms with E-state index < -0.39 is 6.61 Å². The molecule has 0 saturated carbocycles. The zero-order valence-corrected chi connectivity index (χ0v) is 13.7. The number of hydrogen-bond donors (Lipinski definition) is 1. The lowest BCUT2D eigenvalue weighted by atomic mass is 10.1. The summed E-state index contributed by atoms with van der Waals surface area (Å²) >= 11 is 0. The number of amides is 1. The van der Waals surface area contributed by atoms with Crippen molar-refractivity contribution >= 4 is 5.91 Å². The third kappa shape index (κ3) is 6.81. The molecule has 130 valence electrons. The van der Waals surface area contributed by atoms with Gasteiger partial charge in [-0.3, -0.25) is 4.79 Å². The highest BCUT2D eigenvalue weighted by Gasteiger charge is 2.14. The Hall–Kier alpha value is -1.89. The Morgan fingerprint density at radius 2 is 2.04 bits per heavy atom. The fraction of sp³-hybridized carbons (Fsp3) is 0.562. The highest BCUT2D eigenvalue weighted by Crippen LogP contribution is 2.30. The number of nitrogens with two attached hydrogens (primary N) is 1. The lowest BCUT2D eigenvalue weighted by Crippen LogP contribution is -2.28. The number of rotatable bonds is 9. The summed E-state index contributed by atoms with van der Waals surface area (Å²) in [4.78, 5) is 13.6. The first-order valence-corrected chi connectivity index (χ1v) is 7.53. The van der Waals surface area contributed by atoms with E-state index in [-0.39, 0.29) is 23.4 Å². The molecule has 1 aromatic rings. The number of hydrogen-bond acceptors (Lipinski definition) is 4. The molecule has 0 bridgehead atoms. The number of halogens is 2. The van der Waals surface area contributed by atoms with E-state index in [9.17, 15) is 13.6 Å². The van der Waals surface area contributed by atoms with Crippen LogP contribution in [0.25, 0.3) is 0 Å². The quantitative estimate of drug-likeness (QED) is 0.756. The molecular formula is C16H24F2N2O3. The molecule has 1 aromatic carbocycles. The third-order valence-corrected chi connectivity index (χ3v) is 3.18. The van der Waals surface area contributed by atoms with Crippen molar-refractivity contribution in [2.75, 3.05) is 13.7 Å². The molecule has 23 heavy (non-hydrogen) atoms. The number of alkyl halides is 2. The third-order valence-electron chi connectivity index (χ3n) is 3.18. The lowest BCUT2D eigenvalue weighted by molar-refractivity contribution is -0.130. The molecule has 0 aliphatic carbocycles. The summed E-state index contributed by atoms with van der Waals surface area (Å²) in [6.07, 6.45) is 0.994. The van der Waals surface area contributed by atoms with Gasteiger partial charge < -0.3 is 20.1 Å². The van der Waals surface area contributed by atoms with Crippen molar-refractivity contribution in [1.82, 2.24) is 4.90 Å². The van der Waals surface area contributed by atoms with Crippen molar-refractivity contribution in [3.05, 3.63) is 23.8 Å². The number of benzene rings is 1. The first kappa shape index (κ1) is 19.2. The molecule has 7 heteroatoms. The Labute approximate surface area is 135 Å². The molecule has 1 atom stereocenters. The molecule has 2 N–H and O–H groups in total. The van der Waals surface area contributed by atoms with Crippen LogP contribution in [0.2, 0.25) is 0 Å². The summed E-state index contributed by atoms with van der Waals surface area (Å²) in [5.74, 6) is 0.200. The van der Waals surface area contributed by atoms with E-state index in [2.05, 4.69) is 4.74 Å². The van der Waals surface area contributed by atoms with Crippen molar-refractivity contribution in [2.24, 2.45) is 5.73 Å². The molecule has 0 aliphatic heterocycles. The van der Waals surface area contributed by atoms with Crippen LogP contribution in [-0.2, 0) is 11.3 Å². The minimum Gasteiger partial charge on any atom is -0.490 e. The van der Waals surface area contributed by atoms with Gasteiger partial charge in [0.25, 0.3) is 0 Å². The molecular weight excluding hydrogens is 306 g/mol. The number of carbonyl (C=O) groups excluding carboxylic acids is 1. The van der Waals surface area contributed by atoms with Gasteiger partial charge in [0.1, 0.15) is 0 Å². The lowest BCUT2D eigenvalue weighted by Gasteiger charge is -2.19. The zero-order valence-electron chi connectivity index (χ0n) is 13.7. The van der Waals surface area contributed by atoms with Crippen molar-refractivity contribution in [3.63, 3.8) is 0 Å². The van der Waals surface area contributed by atoms with Crippen LogP contribution in [0.3, 0.4) is 0 Å². The highest BCUT2D eigenvalue weighted by molar-refractivity contribution is 5.75. The zero-order chi connectivity index (χ0) is 17.4. The second kappa shape index (κ2) is 9.29. The van der Waals surface area contributed by atoms with Gasteiger partial charge in [-0.1, -0.05) is 6.07 Å². The van der Waals surface area contributed by atoms with Gasteiger partial charge in [0.2, 0.25) is 5.91 Å². The van der Waals surface area contributed by atoms with Gasteiger partial charge in [-0.05, 0) is 38.0 Å². The molecule has 1 amide bonds. The van der Waals surface area contributed by atoms with Crippen LogP contribution in [0.1, 0.15) is 32.3 Å². The molecule has 0 saturated heterocycles. The van der Waals surface area contributed by atoms with E-state index in [0.717, 1.165) is 5.56 Å². The smallest absolute Gasteiger partial charge is 0.387 e. The minimum absolute atomic E-state index is 0.0171. The van der Waals surface area contributed by atoms with E-state index in [1.165, 1.54) is 6.07 Å². The average molecular weight is 330 g/mol. The summed E-state index contributed by atoms with van der Waals surface area (Å²) in [6, 6.07) is 4.64. The maximum absolute atomic E-state index is 12.4. The van der Waals surface area contributed by atoms with Crippen LogP contribution in [0, 0.1) is 0 Å². The van der Waals surface area contributed by atoms with E-state index in [4.69, 9.17) is 10.5 Å². The minimum atomic E-state index is -2.91. The molecule has 1 rings (SSSR count). The summed E-state index contributed by atoms with van der Waals surface area (Å²) in [6.45, 7) is 1.37. The number of carbonyl (C=O) groups is 1. The molecule has 0 spiro atoms. The van der Waals surface area contributed by atoms with Crippen molar-refractivity contribution in [1.29, 1.82) is 0 Å². The molecule has 0 aromatic heterocycles. The van der Waals surface area contributed by atoms with Crippen LogP contribution >= 0.6 is 0 Å². The monoisotopic (exact) mass is 330 g/mol. The summed E-state index contributed by atoms with van der Waals surface area (Å²) in [5.41, 5.74) is 6.41. The van der Waals surface area contributed by atoms with Crippen LogP contribution in [0.15, 0.2) is 18.2 Å². The molecule has 5 nitrogen and oxygen atoms in total. The van der Waals surface area contributed by atoms with Gasteiger partial charge in [-0.25, -0.2) is 0 Å². The second-order valence-electron chi connectivity index (χ2n) is 5.36. The van der Waals surface area contributed by atoms with E-state index >= 15 is 0 Å². The molecule has 0 fully saturated rings. The largest absolute Gasteiger partial charge is 0.490 e. The fourth-order valence-electron chi connectivity index (χ4n) is 2.02. The Bertz CT molecular complexity index is 510. The van der Waals surface area contributed by atoms with Crippen LogP contribution in [0.5, 0.6) is 11.5 Å². The van der Waals surface area contributed by atoms with Gasteiger partial charge in [0, 0.05) is 26.1 Å². The molecule has 1 unspecified atom stereocenters. The molecule has 0 radical (unpaired) electrons. The number of nitrogens with zero attached hydrogens (tertiary/aromatic N) is 1. The van der Waals surface area contributed by atoms with Crippen molar-refractivity contribution < 1.29 is 23.0 Å². The highest BCUT2D eigenvalue weighted by atomic mass is 19.3. The van der Waals surface area contributed by atoms with Gasteiger partial charge in [0.05, 0.1) is 6.61 Å². The SMILES string of the molecule is CCOc1cc(CN(C)C(=O)CCC(C)N)ccc1OC(F)F. The summed E-state index contributed by atoms with van der Waals surface area (Å²) < 4.78 is 34.5. The average Bonchev–Trinajstić information content (AvgIpc) is 2.47. The predicted octanol–water partition coefficient (Wildman–Crippen LogP) is 2.77. The maximum Gasteiger partial charge on any atom is 0.387 e. The van der Waals surface area contributed by atoms with Crippen LogP contribution < -0.4 is 15.2 Å². The summed E-state index contributed by atoms with van der Waals surface area (Å²) in [7, 11) is 1.69. The van der Waals surface area contributed by atoms with Crippen LogP contribution in [-0.4, -0.2) is 37.1 Å². The molecule has 0 heterocycles. The summed E-state index contributed by atoms with van der Waals surface area (Å²) in [5, 5.41) is 0.